The summed E-state index contributed by atoms with van der Waals surface area (Å²) in [6.07, 6.45) is -2.71. The summed E-state index contributed by atoms with van der Waals surface area (Å²) in [5.74, 6) is -2.28. The lowest BCUT2D eigenvalue weighted by Gasteiger charge is -2.27. The standard InChI is InChI=1S/C15H12F3N3O3/c16-15(17,18)11-5-8(14(23)24)1-2-10(11)13(22)21-4-3-9-6-19-20-12(9)7-21/h1-2,5-6H,3-4,7H2,(H,19,20)(H,23,24). The molecule has 0 radical (unpaired) electrons. The zero-order valence-corrected chi connectivity index (χ0v) is 12.2. The molecule has 1 aromatic carbocycles. The van der Waals surface area contributed by atoms with E-state index in [1.165, 1.54) is 4.90 Å². The zero-order valence-electron chi connectivity index (χ0n) is 12.2. The van der Waals surface area contributed by atoms with Gasteiger partial charge in [0, 0.05) is 6.54 Å². The van der Waals surface area contributed by atoms with Gasteiger partial charge in [-0.3, -0.25) is 9.89 Å². The number of benzene rings is 1. The van der Waals surface area contributed by atoms with Crippen LogP contribution in [0.5, 0.6) is 0 Å². The number of hydrogen-bond acceptors (Lipinski definition) is 3. The summed E-state index contributed by atoms with van der Waals surface area (Å²) in [6, 6.07) is 2.40. The summed E-state index contributed by atoms with van der Waals surface area (Å²) in [4.78, 5) is 24.7. The quantitative estimate of drug-likeness (QED) is 0.879. The molecule has 0 aliphatic carbocycles. The fourth-order valence-corrected chi connectivity index (χ4v) is 2.66. The fraction of sp³-hybridized carbons (Fsp3) is 0.267. The van der Waals surface area contributed by atoms with Crippen molar-refractivity contribution in [1.82, 2.24) is 15.1 Å². The summed E-state index contributed by atoms with van der Waals surface area (Å²) >= 11 is 0. The molecule has 1 aromatic heterocycles. The number of nitrogens with one attached hydrogen (secondary N) is 1. The van der Waals surface area contributed by atoms with Gasteiger partial charge < -0.3 is 10.0 Å². The number of aromatic carboxylic acids is 1. The van der Waals surface area contributed by atoms with E-state index in [1.54, 1.807) is 6.20 Å². The van der Waals surface area contributed by atoms with E-state index in [2.05, 4.69) is 10.2 Å². The first kappa shape index (κ1) is 16.0. The molecule has 1 amide bonds. The first-order chi connectivity index (χ1) is 11.3. The average Bonchev–Trinajstić information content (AvgIpc) is 3.00. The van der Waals surface area contributed by atoms with Crippen molar-refractivity contribution in [3.8, 4) is 0 Å². The number of hydrogen-bond donors (Lipinski definition) is 2. The Balaban J connectivity index is 1.97. The maximum absolute atomic E-state index is 13.2. The van der Waals surface area contributed by atoms with Gasteiger partial charge in [-0.15, -0.1) is 0 Å². The van der Waals surface area contributed by atoms with Crippen LogP contribution >= 0.6 is 0 Å². The van der Waals surface area contributed by atoms with Crippen LogP contribution in [-0.2, 0) is 19.1 Å². The molecule has 0 saturated carbocycles. The SMILES string of the molecule is O=C(O)c1ccc(C(=O)N2CCc3cn[nH]c3C2)c(C(F)(F)F)c1. The molecule has 0 bridgehead atoms. The molecular weight excluding hydrogens is 327 g/mol. The lowest BCUT2D eigenvalue weighted by molar-refractivity contribution is -0.138. The number of aromatic nitrogens is 2. The summed E-state index contributed by atoms with van der Waals surface area (Å²) in [7, 11) is 0. The molecule has 1 aliphatic rings. The van der Waals surface area contributed by atoms with E-state index in [0.717, 1.165) is 17.7 Å². The number of carbonyl (C=O) groups excluding carboxylic acids is 1. The predicted octanol–water partition coefficient (Wildman–Crippen LogP) is 2.33. The summed E-state index contributed by atoms with van der Waals surface area (Å²) in [5.41, 5.74) is -0.715. The molecule has 0 spiro atoms. The minimum absolute atomic E-state index is 0.131. The average molecular weight is 339 g/mol. The van der Waals surface area contributed by atoms with Gasteiger partial charge in [0.15, 0.2) is 0 Å². The van der Waals surface area contributed by atoms with Gasteiger partial charge >= 0.3 is 12.1 Å². The summed E-state index contributed by atoms with van der Waals surface area (Å²) in [5, 5.41) is 15.4. The smallest absolute Gasteiger partial charge is 0.417 e. The van der Waals surface area contributed by atoms with Crippen molar-refractivity contribution in [3.63, 3.8) is 0 Å². The predicted molar refractivity (Wildman–Crippen MR) is 75.4 cm³/mol. The van der Waals surface area contributed by atoms with Crippen molar-refractivity contribution in [2.24, 2.45) is 0 Å². The number of carboxylic acid groups (broad SMARTS) is 1. The second kappa shape index (κ2) is 5.66. The van der Waals surface area contributed by atoms with Crippen LogP contribution in [0.25, 0.3) is 0 Å². The molecule has 0 saturated heterocycles. The molecule has 0 unspecified atom stereocenters. The number of alkyl halides is 3. The number of halogens is 3. The molecular formula is C15H12F3N3O3. The third-order valence-corrected chi connectivity index (χ3v) is 3.90. The lowest BCUT2D eigenvalue weighted by atomic mass is 10.0. The molecule has 3 rings (SSSR count). The van der Waals surface area contributed by atoms with Crippen molar-refractivity contribution >= 4 is 11.9 Å². The highest BCUT2D eigenvalue weighted by molar-refractivity contribution is 5.97. The zero-order chi connectivity index (χ0) is 17.5. The van der Waals surface area contributed by atoms with Gasteiger partial charge in [-0.05, 0) is 30.2 Å². The minimum Gasteiger partial charge on any atom is -0.478 e. The molecule has 6 nitrogen and oxygen atoms in total. The monoisotopic (exact) mass is 339 g/mol. The molecule has 2 N–H and O–H groups in total. The van der Waals surface area contributed by atoms with E-state index in [-0.39, 0.29) is 13.1 Å². The van der Waals surface area contributed by atoms with Gasteiger partial charge in [-0.2, -0.15) is 18.3 Å². The van der Waals surface area contributed by atoms with Crippen LogP contribution in [0.3, 0.4) is 0 Å². The van der Waals surface area contributed by atoms with E-state index < -0.39 is 34.7 Å². The Bertz CT molecular complexity index is 814. The Morgan fingerprint density at radius 2 is 2.04 bits per heavy atom. The Kier molecular flexibility index (Phi) is 3.78. The minimum atomic E-state index is -4.83. The van der Waals surface area contributed by atoms with E-state index >= 15 is 0 Å². The lowest BCUT2D eigenvalue weighted by Crippen LogP contribution is -2.37. The molecule has 1 aliphatic heterocycles. The number of rotatable bonds is 2. The Morgan fingerprint density at radius 3 is 2.71 bits per heavy atom. The van der Waals surface area contributed by atoms with E-state index in [9.17, 15) is 22.8 Å². The largest absolute Gasteiger partial charge is 0.478 e. The van der Waals surface area contributed by atoms with Crippen LogP contribution in [-0.4, -0.2) is 38.6 Å². The van der Waals surface area contributed by atoms with Gasteiger partial charge in [0.25, 0.3) is 5.91 Å². The second-order valence-corrected chi connectivity index (χ2v) is 5.41. The van der Waals surface area contributed by atoms with E-state index in [1.807, 2.05) is 0 Å². The highest BCUT2D eigenvalue weighted by Gasteiger charge is 2.37. The van der Waals surface area contributed by atoms with Crippen molar-refractivity contribution < 1.29 is 27.9 Å². The molecule has 2 heterocycles. The third-order valence-electron chi connectivity index (χ3n) is 3.90. The van der Waals surface area contributed by atoms with Crippen LogP contribution in [0.15, 0.2) is 24.4 Å². The molecule has 126 valence electrons. The van der Waals surface area contributed by atoms with Crippen molar-refractivity contribution in [1.29, 1.82) is 0 Å². The first-order valence-corrected chi connectivity index (χ1v) is 7.02. The Labute approximate surface area is 133 Å². The number of amides is 1. The molecule has 0 atom stereocenters. The maximum atomic E-state index is 13.2. The van der Waals surface area contributed by atoms with Crippen LogP contribution in [0, 0.1) is 0 Å². The van der Waals surface area contributed by atoms with Crippen LogP contribution < -0.4 is 0 Å². The van der Waals surface area contributed by atoms with Crippen molar-refractivity contribution in [2.75, 3.05) is 6.54 Å². The normalized spacial score (nSPS) is 14.4. The summed E-state index contributed by atoms with van der Waals surface area (Å²) in [6.45, 7) is 0.398. The number of H-pyrrole nitrogens is 1. The Hall–Kier alpha value is -2.84. The molecule has 24 heavy (non-hydrogen) atoms. The topological polar surface area (TPSA) is 86.3 Å². The van der Waals surface area contributed by atoms with E-state index in [4.69, 9.17) is 5.11 Å². The highest BCUT2D eigenvalue weighted by Crippen LogP contribution is 2.34. The van der Waals surface area contributed by atoms with Gasteiger partial charge in [-0.1, -0.05) is 0 Å². The van der Waals surface area contributed by atoms with Gasteiger partial charge in [0.2, 0.25) is 0 Å². The van der Waals surface area contributed by atoms with E-state index in [0.29, 0.717) is 18.2 Å². The van der Waals surface area contributed by atoms with Crippen LogP contribution in [0.2, 0.25) is 0 Å². The van der Waals surface area contributed by atoms with Crippen LogP contribution in [0.1, 0.15) is 37.5 Å². The fourth-order valence-electron chi connectivity index (χ4n) is 2.66. The molecule has 0 fully saturated rings. The number of carboxylic acids is 1. The van der Waals surface area contributed by atoms with Gasteiger partial charge in [0.1, 0.15) is 0 Å². The second-order valence-electron chi connectivity index (χ2n) is 5.41. The van der Waals surface area contributed by atoms with Crippen molar-refractivity contribution in [2.45, 2.75) is 19.1 Å². The highest BCUT2D eigenvalue weighted by atomic mass is 19.4. The summed E-state index contributed by atoms with van der Waals surface area (Å²) < 4.78 is 39.7. The maximum Gasteiger partial charge on any atom is 0.417 e. The molecule has 9 heteroatoms. The number of nitrogens with zero attached hydrogens (tertiary/aromatic N) is 2. The number of aromatic amines is 1. The van der Waals surface area contributed by atoms with Gasteiger partial charge in [-0.25, -0.2) is 4.79 Å². The number of carbonyl (C=O) groups is 2. The number of fused-ring (bicyclic) bond motifs is 1. The van der Waals surface area contributed by atoms with Crippen molar-refractivity contribution in [3.05, 3.63) is 52.3 Å². The van der Waals surface area contributed by atoms with Crippen LogP contribution in [0.4, 0.5) is 13.2 Å². The molecule has 2 aromatic rings. The van der Waals surface area contributed by atoms with Gasteiger partial charge in [0.05, 0.1) is 35.1 Å². The first-order valence-electron chi connectivity index (χ1n) is 7.02. The third kappa shape index (κ3) is 2.84. The Morgan fingerprint density at radius 1 is 1.29 bits per heavy atom.